The van der Waals surface area contributed by atoms with Crippen LogP contribution in [0.1, 0.15) is 30.6 Å². The van der Waals surface area contributed by atoms with Gasteiger partial charge in [-0.25, -0.2) is 4.39 Å². The lowest BCUT2D eigenvalue weighted by molar-refractivity contribution is -0.137. The molecule has 0 saturated carbocycles. The highest BCUT2D eigenvalue weighted by Crippen LogP contribution is 2.33. The second-order valence-electron chi connectivity index (χ2n) is 6.50. The minimum atomic E-state index is -4.39. The number of benzene rings is 1. The number of pyridine rings is 1. The van der Waals surface area contributed by atoms with Crippen LogP contribution in [0.4, 0.5) is 17.6 Å². The van der Waals surface area contributed by atoms with Crippen molar-refractivity contribution in [1.29, 1.82) is 0 Å². The van der Waals surface area contributed by atoms with Gasteiger partial charge in [0.2, 0.25) is 11.2 Å². The molecule has 0 aliphatic heterocycles. The maximum Gasteiger partial charge on any atom is 0.416 e. The van der Waals surface area contributed by atoms with Crippen LogP contribution in [0, 0.1) is 0 Å². The van der Waals surface area contributed by atoms with Crippen molar-refractivity contribution in [3.63, 3.8) is 0 Å². The number of thioether (sulfide) groups is 1. The van der Waals surface area contributed by atoms with Crippen molar-refractivity contribution in [2.75, 3.05) is 12.4 Å². The number of hydrogen-bond acceptors (Lipinski definition) is 5. The van der Waals surface area contributed by atoms with Gasteiger partial charge in [-0.1, -0.05) is 6.07 Å². The molecule has 0 atom stereocenters. The lowest BCUT2D eigenvalue weighted by atomic mass is 10.1. The van der Waals surface area contributed by atoms with Crippen LogP contribution in [0.3, 0.4) is 0 Å². The SMILES string of the molecule is O=c1cc(CF)occ1OCCCCCSc1ccnc2cc(C(F)(F)F)ccc12. The van der Waals surface area contributed by atoms with Crippen molar-refractivity contribution in [1.82, 2.24) is 4.98 Å². The molecule has 1 aromatic carbocycles. The van der Waals surface area contributed by atoms with E-state index in [0.717, 1.165) is 54.4 Å². The van der Waals surface area contributed by atoms with E-state index in [1.165, 1.54) is 12.3 Å². The minimum Gasteiger partial charge on any atom is -0.487 e. The average Bonchev–Trinajstić information content (AvgIpc) is 2.73. The molecule has 0 amide bonds. The van der Waals surface area contributed by atoms with Gasteiger partial charge in [-0.2, -0.15) is 13.2 Å². The first-order valence-corrected chi connectivity index (χ1v) is 10.3. The second kappa shape index (κ2) is 9.97. The number of hydrogen-bond donors (Lipinski definition) is 0. The molecular weight excluding hydrogens is 422 g/mol. The topological polar surface area (TPSA) is 52.3 Å². The Hall–Kier alpha value is -2.55. The van der Waals surface area contributed by atoms with Crippen LogP contribution in [0.5, 0.6) is 5.75 Å². The molecule has 2 aromatic heterocycles. The lowest BCUT2D eigenvalue weighted by Gasteiger charge is -2.10. The Morgan fingerprint density at radius 2 is 1.93 bits per heavy atom. The molecule has 30 heavy (non-hydrogen) atoms. The van der Waals surface area contributed by atoms with Crippen LogP contribution in [-0.4, -0.2) is 17.3 Å². The van der Waals surface area contributed by atoms with Gasteiger partial charge in [-0.05, 0) is 43.2 Å². The summed E-state index contributed by atoms with van der Waals surface area (Å²) in [4.78, 5) is 16.6. The normalized spacial score (nSPS) is 11.7. The molecule has 0 bridgehead atoms. The number of halogens is 4. The fourth-order valence-electron chi connectivity index (χ4n) is 2.78. The molecule has 0 aliphatic carbocycles. The number of unbranched alkanes of at least 4 members (excludes halogenated alkanes) is 2. The maximum atomic E-state index is 12.9. The fraction of sp³-hybridized carbons (Fsp3) is 0.333. The van der Waals surface area contributed by atoms with E-state index in [-0.39, 0.29) is 11.5 Å². The zero-order valence-electron chi connectivity index (χ0n) is 15.9. The largest absolute Gasteiger partial charge is 0.487 e. The number of alkyl halides is 4. The maximum absolute atomic E-state index is 12.9. The summed E-state index contributed by atoms with van der Waals surface area (Å²) in [7, 11) is 0. The third-order valence-corrected chi connectivity index (χ3v) is 5.48. The Balaban J connectivity index is 1.44. The van der Waals surface area contributed by atoms with Crippen LogP contribution >= 0.6 is 11.8 Å². The predicted octanol–water partition coefficient (Wildman–Crippen LogP) is 6.02. The van der Waals surface area contributed by atoms with E-state index in [0.29, 0.717) is 17.5 Å². The van der Waals surface area contributed by atoms with E-state index >= 15 is 0 Å². The van der Waals surface area contributed by atoms with Crippen LogP contribution in [0.2, 0.25) is 0 Å². The summed E-state index contributed by atoms with van der Waals surface area (Å²) < 4.78 is 61.2. The smallest absolute Gasteiger partial charge is 0.416 e. The van der Waals surface area contributed by atoms with Gasteiger partial charge in [0.05, 0.1) is 17.7 Å². The lowest BCUT2D eigenvalue weighted by Crippen LogP contribution is -2.08. The monoisotopic (exact) mass is 441 g/mol. The van der Waals surface area contributed by atoms with Crippen LogP contribution in [0.15, 0.2) is 56.9 Å². The number of fused-ring (bicyclic) bond motifs is 1. The number of aromatic nitrogens is 1. The molecule has 0 unspecified atom stereocenters. The summed E-state index contributed by atoms with van der Waals surface area (Å²) in [5.41, 5.74) is -0.804. The highest BCUT2D eigenvalue weighted by molar-refractivity contribution is 7.99. The molecule has 2 heterocycles. The van der Waals surface area contributed by atoms with Crippen molar-refractivity contribution < 1.29 is 26.7 Å². The molecule has 4 nitrogen and oxygen atoms in total. The second-order valence-corrected chi connectivity index (χ2v) is 7.64. The molecule has 0 spiro atoms. The summed E-state index contributed by atoms with van der Waals surface area (Å²) in [5.74, 6) is 0.804. The zero-order chi connectivity index (χ0) is 21.6. The highest BCUT2D eigenvalue weighted by Gasteiger charge is 2.30. The first-order valence-electron chi connectivity index (χ1n) is 9.28. The summed E-state index contributed by atoms with van der Waals surface area (Å²) in [6, 6.07) is 6.46. The van der Waals surface area contributed by atoms with Gasteiger partial charge in [0.25, 0.3) is 0 Å². The van der Waals surface area contributed by atoms with Crippen molar-refractivity contribution in [3.05, 3.63) is 64.3 Å². The van der Waals surface area contributed by atoms with Crippen molar-refractivity contribution in [3.8, 4) is 5.75 Å². The highest BCUT2D eigenvalue weighted by atomic mass is 32.2. The Kier molecular flexibility index (Phi) is 7.36. The van der Waals surface area contributed by atoms with Crippen molar-refractivity contribution in [2.45, 2.75) is 37.0 Å². The summed E-state index contributed by atoms with van der Waals surface area (Å²) in [6.45, 7) is -0.508. The molecule has 0 saturated heterocycles. The predicted molar refractivity (Wildman–Crippen MR) is 107 cm³/mol. The van der Waals surface area contributed by atoms with Gasteiger partial charge in [-0.3, -0.25) is 9.78 Å². The Morgan fingerprint density at radius 3 is 2.67 bits per heavy atom. The Morgan fingerprint density at radius 1 is 1.10 bits per heavy atom. The van der Waals surface area contributed by atoms with E-state index in [1.54, 1.807) is 17.8 Å². The number of rotatable bonds is 9. The molecule has 3 aromatic rings. The third kappa shape index (κ3) is 5.75. The first-order chi connectivity index (χ1) is 14.4. The van der Waals surface area contributed by atoms with E-state index in [1.807, 2.05) is 0 Å². The van der Waals surface area contributed by atoms with Crippen LogP contribution in [0.25, 0.3) is 10.9 Å². The molecule has 160 valence electrons. The van der Waals surface area contributed by atoms with Crippen molar-refractivity contribution in [2.24, 2.45) is 0 Å². The van der Waals surface area contributed by atoms with Gasteiger partial charge >= 0.3 is 6.18 Å². The Bertz CT molecular complexity index is 1050. The van der Waals surface area contributed by atoms with Gasteiger partial charge < -0.3 is 9.15 Å². The molecule has 0 fully saturated rings. The van der Waals surface area contributed by atoms with Gasteiger partial charge in [-0.15, -0.1) is 11.8 Å². The number of ether oxygens (including phenoxy) is 1. The first kappa shape index (κ1) is 22.1. The average molecular weight is 441 g/mol. The molecule has 0 radical (unpaired) electrons. The summed E-state index contributed by atoms with van der Waals surface area (Å²) >= 11 is 1.56. The standard InChI is InChI=1S/C21H19F4NO3S/c22-12-15-11-18(27)19(13-29-15)28-8-2-1-3-9-30-20-6-7-26-17-10-14(21(23,24)25)4-5-16(17)20/h4-7,10-11,13H,1-3,8-9,12H2. The van der Waals surface area contributed by atoms with Crippen LogP contribution in [-0.2, 0) is 12.9 Å². The van der Waals surface area contributed by atoms with E-state index in [9.17, 15) is 22.4 Å². The third-order valence-electron chi connectivity index (χ3n) is 4.32. The fourth-order valence-corrected chi connectivity index (χ4v) is 3.84. The van der Waals surface area contributed by atoms with E-state index in [4.69, 9.17) is 9.15 Å². The molecule has 0 N–H and O–H groups in total. The molecule has 9 heteroatoms. The van der Waals surface area contributed by atoms with Gasteiger partial charge in [0.15, 0.2) is 0 Å². The van der Waals surface area contributed by atoms with E-state index in [2.05, 4.69) is 4.98 Å². The molecule has 3 rings (SSSR count). The zero-order valence-corrected chi connectivity index (χ0v) is 16.7. The Labute approximate surface area is 174 Å². The quantitative estimate of drug-likeness (QED) is 0.231. The molecule has 0 aliphatic rings. The molecular formula is C21H19F4NO3S. The van der Waals surface area contributed by atoms with Crippen molar-refractivity contribution >= 4 is 22.7 Å². The van der Waals surface area contributed by atoms with Gasteiger partial charge in [0, 0.05) is 22.5 Å². The number of nitrogens with zero attached hydrogens (tertiary/aromatic N) is 1. The summed E-state index contributed by atoms with van der Waals surface area (Å²) in [5, 5.41) is 0.697. The van der Waals surface area contributed by atoms with E-state index < -0.39 is 23.8 Å². The van der Waals surface area contributed by atoms with Gasteiger partial charge in [0.1, 0.15) is 18.7 Å². The summed E-state index contributed by atoms with van der Waals surface area (Å²) in [6.07, 6.45) is 0.675. The minimum absolute atomic E-state index is 0.0392. The van der Waals surface area contributed by atoms with Crippen LogP contribution < -0.4 is 10.2 Å².